The quantitative estimate of drug-likeness (QED) is 0.232. The minimum absolute atomic E-state index is 0.710. The van der Waals surface area contributed by atoms with Gasteiger partial charge in [0.2, 0.25) is 0 Å². The Morgan fingerprint density at radius 3 is 1.89 bits per heavy atom. The Bertz CT molecular complexity index is 469. The van der Waals surface area contributed by atoms with Crippen molar-refractivity contribution in [1.29, 1.82) is 0 Å². The summed E-state index contributed by atoms with van der Waals surface area (Å²) in [5.41, 5.74) is 3.03. The number of hydrogen-bond donors (Lipinski definition) is 1. The van der Waals surface area contributed by atoms with Gasteiger partial charge in [-0.05, 0) is 75.0 Å². The monoisotopic (exact) mass is 509 g/mol. The molecule has 0 radical (unpaired) electrons. The summed E-state index contributed by atoms with van der Waals surface area (Å²) in [6, 6.07) is 0. The van der Waals surface area contributed by atoms with Crippen molar-refractivity contribution in [3.05, 3.63) is 48.6 Å². The van der Waals surface area contributed by atoms with Crippen LogP contribution >= 0.6 is 12.6 Å². The molecular formula is C34H68S. The van der Waals surface area contributed by atoms with E-state index in [1.807, 2.05) is 34.6 Å². The average molecular weight is 509 g/mol. The molecule has 0 spiro atoms. The van der Waals surface area contributed by atoms with E-state index in [0.29, 0.717) is 5.92 Å². The lowest BCUT2D eigenvalue weighted by molar-refractivity contribution is 0.217. The third-order valence-electron chi connectivity index (χ3n) is 6.12. The van der Waals surface area contributed by atoms with E-state index in [4.69, 9.17) is 0 Å². The highest BCUT2D eigenvalue weighted by Gasteiger charge is 2.24. The van der Waals surface area contributed by atoms with Crippen molar-refractivity contribution in [1.82, 2.24) is 0 Å². The largest absolute Gasteiger partial charge is 0.183 e. The molecule has 0 nitrogen and oxygen atoms in total. The van der Waals surface area contributed by atoms with Crippen LogP contribution in [-0.4, -0.2) is 6.26 Å². The topological polar surface area (TPSA) is 0 Å². The maximum absolute atomic E-state index is 4.30. The molecule has 0 amide bonds. The predicted octanol–water partition coefficient (Wildman–Crippen LogP) is 12.8. The zero-order valence-electron chi connectivity index (χ0n) is 26.1. The fourth-order valence-corrected chi connectivity index (χ4v) is 4.36. The number of allylic oxidation sites excluding steroid dienone is 6. The van der Waals surface area contributed by atoms with Gasteiger partial charge in [-0.25, -0.2) is 0 Å². The molecule has 1 heteroatoms. The van der Waals surface area contributed by atoms with Gasteiger partial charge in [-0.1, -0.05) is 137 Å². The van der Waals surface area contributed by atoms with Crippen molar-refractivity contribution in [2.24, 2.45) is 17.8 Å². The molecule has 2 unspecified atom stereocenters. The highest BCUT2D eigenvalue weighted by atomic mass is 32.1. The number of hydrogen-bond acceptors (Lipinski definition) is 1. The van der Waals surface area contributed by atoms with Crippen LogP contribution in [0.2, 0.25) is 0 Å². The Morgan fingerprint density at radius 2 is 1.49 bits per heavy atom. The van der Waals surface area contributed by atoms with Gasteiger partial charge in [0.15, 0.2) is 0 Å². The first-order chi connectivity index (χ1) is 17.0. The second-order valence-electron chi connectivity index (χ2n) is 9.25. The zero-order valence-corrected chi connectivity index (χ0v) is 27.0. The molecule has 0 aromatic heterocycles. The van der Waals surface area contributed by atoms with E-state index in [1.54, 1.807) is 12.3 Å². The van der Waals surface area contributed by atoms with Crippen molar-refractivity contribution in [3.63, 3.8) is 0 Å². The Morgan fingerprint density at radius 1 is 0.971 bits per heavy atom. The van der Waals surface area contributed by atoms with E-state index < -0.39 is 0 Å². The summed E-state index contributed by atoms with van der Waals surface area (Å²) in [5.74, 6) is 2.70. The molecule has 210 valence electrons. The summed E-state index contributed by atoms with van der Waals surface area (Å²) < 4.78 is 0. The highest BCUT2D eigenvalue weighted by Crippen LogP contribution is 2.37. The van der Waals surface area contributed by atoms with E-state index in [1.165, 1.54) is 94.6 Å². The smallest absolute Gasteiger partial charge is 0.0215 e. The van der Waals surface area contributed by atoms with Crippen LogP contribution in [0.25, 0.3) is 0 Å². The van der Waals surface area contributed by atoms with E-state index in [0.717, 1.165) is 11.8 Å². The summed E-state index contributed by atoms with van der Waals surface area (Å²) >= 11 is 3.53. The predicted molar refractivity (Wildman–Crippen MR) is 173 cm³/mol. The first kappa shape index (κ1) is 41.4. The Kier molecular flexibility index (Phi) is 42.0. The Hall–Kier alpha value is -0.690. The minimum Gasteiger partial charge on any atom is -0.183 e. The van der Waals surface area contributed by atoms with Gasteiger partial charge in [0.25, 0.3) is 0 Å². The highest BCUT2D eigenvalue weighted by molar-refractivity contribution is 7.79. The molecule has 2 aliphatic carbocycles. The van der Waals surface area contributed by atoms with Gasteiger partial charge in [-0.2, -0.15) is 12.6 Å². The maximum atomic E-state index is 4.30. The van der Waals surface area contributed by atoms with Crippen molar-refractivity contribution < 1.29 is 0 Å². The van der Waals surface area contributed by atoms with Gasteiger partial charge in [-0.15, -0.1) is 6.58 Å². The van der Waals surface area contributed by atoms with Crippen LogP contribution in [0.15, 0.2) is 48.6 Å². The lowest BCUT2D eigenvalue weighted by Crippen LogP contribution is -2.20. The average Bonchev–Trinajstić information content (AvgIpc) is 2.92. The molecule has 0 heterocycles. The third-order valence-corrected chi connectivity index (χ3v) is 6.12. The van der Waals surface area contributed by atoms with E-state index in [-0.39, 0.29) is 0 Å². The Balaban J connectivity index is -0.000000224. The van der Waals surface area contributed by atoms with Gasteiger partial charge in [-0.3, -0.25) is 0 Å². The fourth-order valence-electron chi connectivity index (χ4n) is 4.36. The molecule has 1 saturated carbocycles. The van der Waals surface area contributed by atoms with Crippen LogP contribution in [0.1, 0.15) is 146 Å². The molecule has 0 bridgehead atoms. The van der Waals surface area contributed by atoms with Crippen molar-refractivity contribution in [3.8, 4) is 0 Å². The molecule has 0 aromatic rings. The summed E-state index contributed by atoms with van der Waals surface area (Å²) in [6.07, 6.45) is 28.2. The Labute approximate surface area is 230 Å². The SMILES string of the molecule is C=C(CCCC)CC1CCCCC1CCCC.C=CC.CC.CC.CC(C)C1=CCCC=C1.CS. The maximum Gasteiger partial charge on any atom is -0.0215 e. The molecule has 1 fully saturated rings. The van der Waals surface area contributed by atoms with Crippen molar-refractivity contribution >= 4 is 12.6 Å². The molecule has 35 heavy (non-hydrogen) atoms. The molecule has 0 N–H and O–H groups in total. The van der Waals surface area contributed by atoms with Crippen LogP contribution in [0.5, 0.6) is 0 Å². The number of unbranched alkanes of at least 4 members (excludes halogenated alkanes) is 2. The molecular weight excluding hydrogens is 440 g/mol. The summed E-state index contributed by atoms with van der Waals surface area (Å²) in [6.45, 7) is 26.6. The summed E-state index contributed by atoms with van der Waals surface area (Å²) in [4.78, 5) is 0. The normalized spacial score (nSPS) is 17.7. The van der Waals surface area contributed by atoms with Gasteiger partial charge in [0.05, 0.1) is 0 Å². The first-order valence-corrected chi connectivity index (χ1v) is 15.9. The van der Waals surface area contributed by atoms with Crippen LogP contribution < -0.4 is 0 Å². The molecule has 2 atom stereocenters. The van der Waals surface area contributed by atoms with Gasteiger partial charge >= 0.3 is 0 Å². The molecule has 0 saturated heterocycles. The lowest BCUT2D eigenvalue weighted by atomic mass is 9.74. The van der Waals surface area contributed by atoms with Gasteiger partial charge in [0, 0.05) is 0 Å². The van der Waals surface area contributed by atoms with Crippen molar-refractivity contribution in [2.45, 2.75) is 146 Å². The van der Waals surface area contributed by atoms with E-state index in [2.05, 4.69) is 71.7 Å². The summed E-state index contributed by atoms with van der Waals surface area (Å²) in [5, 5.41) is 0. The van der Waals surface area contributed by atoms with Crippen LogP contribution in [0, 0.1) is 17.8 Å². The first-order valence-electron chi connectivity index (χ1n) is 15.0. The zero-order chi connectivity index (χ0) is 27.9. The lowest BCUT2D eigenvalue weighted by Gasteiger charge is -2.32. The third kappa shape index (κ3) is 27.7. The molecule has 0 aliphatic heterocycles. The van der Waals surface area contributed by atoms with E-state index >= 15 is 0 Å². The number of thiol groups is 1. The fraction of sp³-hybridized carbons (Fsp3) is 0.765. The van der Waals surface area contributed by atoms with Gasteiger partial charge < -0.3 is 0 Å². The standard InChI is InChI=1S/C17H32.C9H14.C3H6.2C2H6.CH4S/c1-4-6-10-15(3)14-17-13-9-8-12-16(17)11-7-5-2;1-8(2)9-6-4-3-5-7-9;1-3-2;3*1-2/h16-17H,3-14H2,1-2H3;4,6-8H,3,5H2,1-2H3;3H,1H2,2H3;2*1-2H3;2H,1H3. The van der Waals surface area contributed by atoms with Crippen LogP contribution in [0.4, 0.5) is 0 Å². The minimum atomic E-state index is 0.710. The second kappa shape index (κ2) is 35.5. The number of rotatable bonds is 9. The second-order valence-corrected chi connectivity index (χ2v) is 9.25. The molecule has 2 rings (SSSR count). The summed E-state index contributed by atoms with van der Waals surface area (Å²) in [7, 11) is 0. The molecule has 2 aliphatic rings. The van der Waals surface area contributed by atoms with Gasteiger partial charge in [0.1, 0.15) is 0 Å². The van der Waals surface area contributed by atoms with E-state index in [9.17, 15) is 0 Å². The van der Waals surface area contributed by atoms with Crippen molar-refractivity contribution in [2.75, 3.05) is 6.26 Å². The van der Waals surface area contributed by atoms with Crippen LogP contribution in [0.3, 0.4) is 0 Å². The molecule has 0 aromatic carbocycles. The van der Waals surface area contributed by atoms with Crippen LogP contribution in [-0.2, 0) is 0 Å².